The number of halogens is 1. The van der Waals surface area contributed by atoms with Crippen LogP contribution in [-0.2, 0) is 6.61 Å². The van der Waals surface area contributed by atoms with Crippen molar-refractivity contribution in [1.29, 1.82) is 0 Å². The van der Waals surface area contributed by atoms with Crippen LogP contribution in [0.3, 0.4) is 0 Å². The molecule has 0 aliphatic rings. The normalized spacial score (nSPS) is 10.7. The minimum atomic E-state index is -0.0206. The van der Waals surface area contributed by atoms with Crippen molar-refractivity contribution in [2.75, 3.05) is 0 Å². The van der Waals surface area contributed by atoms with E-state index in [2.05, 4.69) is 32.0 Å². The third kappa shape index (κ3) is 3.08. The Morgan fingerprint density at radius 3 is 2.56 bits per heavy atom. The summed E-state index contributed by atoms with van der Waals surface area (Å²) < 4.78 is 0. The molecule has 0 saturated heterocycles. The number of hydrogen-bond donors (Lipinski definition) is 1. The van der Waals surface area contributed by atoms with Gasteiger partial charge < -0.3 is 5.11 Å². The van der Waals surface area contributed by atoms with Gasteiger partial charge in [-0.1, -0.05) is 41.6 Å². The molecule has 0 aliphatic heterocycles. The Morgan fingerprint density at radius 1 is 1.11 bits per heavy atom. The zero-order chi connectivity index (χ0) is 13.1. The summed E-state index contributed by atoms with van der Waals surface area (Å²) in [7, 11) is 0. The Balaban J connectivity index is 2.28. The summed E-state index contributed by atoms with van der Waals surface area (Å²) in [6.07, 6.45) is 0. The van der Waals surface area contributed by atoms with E-state index >= 15 is 0 Å². The molecule has 94 valence electrons. The average Bonchev–Trinajstić information content (AvgIpc) is 2.34. The molecular weight excluding hydrogens is 264 g/mol. The first-order chi connectivity index (χ1) is 8.60. The van der Waals surface area contributed by atoms with Gasteiger partial charge in [-0.15, -0.1) is 0 Å². The molecule has 0 spiro atoms. The van der Waals surface area contributed by atoms with Crippen LogP contribution in [-0.4, -0.2) is 5.11 Å². The minimum absolute atomic E-state index is 0.0206. The molecule has 2 rings (SSSR count). The number of benzene rings is 2. The van der Waals surface area contributed by atoms with Crippen LogP contribution in [0.1, 0.15) is 16.7 Å². The second-order valence-electron chi connectivity index (χ2n) is 4.28. The van der Waals surface area contributed by atoms with Gasteiger partial charge in [0.1, 0.15) is 0 Å². The lowest BCUT2D eigenvalue weighted by molar-refractivity contribution is 0.282. The number of rotatable bonds is 3. The van der Waals surface area contributed by atoms with Gasteiger partial charge in [0.2, 0.25) is 0 Å². The van der Waals surface area contributed by atoms with E-state index in [9.17, 15) is 0 Å². The summed E-state index contributed by atoms with van der Waals surface area (Å²) in [6, 6.07) is 12.2. The molecule has 1 nitrogen and oxygen atoms in total. The third-order valence-electron chi connectivity index (χ3n) is 2.77. The van der Waals surface area contributed by atoms with Crippen molar-refractivity contribution in [3.8, 4) is 0 Å². The van der Waals surface area contributed by atoms with Gasteiger partial charge in [-0.25, -0.2) is 0 Å². The molecular formula is C15H15ClOS. The fourth-order valence-electron chi connectivity index (χ4n) is 1.66. The Kier molecular flexibility index (Phi) is 4.33. The zero-order valence-electron chi connectivity index (χ0n) is 10.4. The second kappa shape index (κ2) is 5.79. The molecule has 0 bridgehead atoms. The molecule has 0 saturated carbocycles. The molecule has 2 aromatic carbocycles. The molecule has 0 fully saturated rings. The summed E-state index contributed by atoms with van der Waals surface area (Å²) in [6.45, 7) is 4.17. The van der Waals surface area contributed by atoms with Crippen molar-refractivity contribution in [2.45, 2.75) is 30.2 Å². The van der Waals surface area contributed by atoms with Crippen LogP contribution in [0.2, 0.25) is 5.02 Å². The molecule has 0 radical (unpaired) electrons. The lowest BCUT2D eigenvalue weighted by Gasteiger charge is -2.08. The molecule has 0 atom stereocenters. The van der Waals surface area contributed by atoms with Crippen molar-refractivity contribution < 1.29 is 5.11 Å². The fourth-order valence-corrected chi connectivity index (χ4v) is 3.01. The topological polar surface area (TPSA) is 20.2 Å². The van der Waals surface area contributed by atoms with Crippen LogP contribution in [0, 0.1) is 13.8 Å². The van der Waals surface area contributed by atoms with Gasteiger partial charge in [0.25, 0.3) is 0 Å². The molecule has 0 heterocycles. The molecule has 0 aliphatic carbocycles. The number of hydrogen-bond acceptors (Lipinski definition) is 2. The maximum absolute atomic E-state index is 9.09. The predicted octanol–water partition coefficient (Wildman–Crippen LogP) is 4.60. The van der Waals surface area contributed by atoms with Gasteiger partial charge >= 0.3 is 0 Å². The summed E-state index contributed by atoms with van der Waals surface area (Å²) in [5.41, 5.74) is 3.27. The number of aliphatic hydroxyl groups excluding tert-OH is 1. The highest BCUT2D eigenvalue weighted by Crippen LogP contribution is 2.33. The first kappa shape index (κ1) is 13.5. The van der Waals surface area contributed by atoms with E-state index in [-0.39, 0.29) is 6.61 Å². The van der Waals surface area contributed by atoms with Crippen molar-refractivity contribution in [1.82, 2.24) is 0 Å². The van der Waals surface area contributed by atoms with Crippen LogP contribution in [0.15, 0.2) is 46.2 Å². The fraction of sp³-hybridized carbons (Fsp3) is 0.200. The number of aliphatic hydroxyl groups is 1. The van der Waals surface area contributed by atoms with E-state index in [1.807, 2.05) is 18.2 Å². The summed E-state index contributed by atoms with van der Waals surface area (Å²) in [4.78, 5) is 2.33. The van der Waals surface area contributed by atoms with Crippen molar-refractivity contribution in [2.24, 2.45) is 0 Å². The van der Waals surface area contributed by atoms with Crippen molar-refractivity contribution >= 4 is 23.4 Å². The lowest BCUT2D eigenvalue weighted by atomic mass is 10.2. The molecule has 1 N–H and O–H groups in total. The van der Waals surface area contributed by atoms with E-state index in [0.29, 0.717) is 5.02 Å². The van der Waals surface area contributed by atoms with Crippen LogP contribution < -0.4 is 0 Å². The zero-order valence-corrected chi connectivity index (χ0v) is 12.0. The van der Waals surface area contributed by atoms with E-state index in [1.54, 1.807) is 11.8 Å². The smallest absolute Gasteiger partial charge is 0.0696 e. The van der Waals surface area contributed by atoms with Gasteiger partial charge in [-0.05, 0) is 48.7 Å². The Labute approximate surface area is 117 Å². The Bertz CT molecular complexity index is 566. The van der Waals surface area contributed by atoms with E-state index in [1.165, 1.54) is 16.0 Å². The van der Waals surface area contributed by atoms with Gasteiger partial charge in [-0.2, -0.15) is 0 Å². The monoisotopic (exact) mass is 278 g/mol. The van der Waals surface area contributed by atoms with E-state index < -0.39 is 0 Å². The number of aryl methyl sites for hydroxylation is 2. The van der Waals surface area contributed by atoms with Gasteiger partial charge in [-0.3, -0.25) is 0 Å². The van der Waals surface area contributed by atoms with E-state index in [0.717, 1.165) is 10.5 Å². The average molecular weight is 279 g/mol. The Hall–Kier alpha value is -0.960. The lowest BCUT2D eigenvalue weighted by Crippen LogP contribution is -1.86. The maximum atomic E-state index is 9.09. The quantitative estimate of drug-likeness (QED) is 0.885. The van der Waals surface area contributed by atoms with Gasteiger partial charge in [0, 0.05) is 14.8 Å². The van der Waals surface area contributed by atoms with Crippen molar-refractivity contribution in [3.05, 3.63) is 58.1 Å². The minimum Gasteiger partial charge on any atom is -0.392 e. The Morgan fingerprint density at radius 2 is 1.89 bits per heavy atom. The highest BCUT2D eigenvalue weighted by atomic mass is 35.5. The van der Waals surface area contributed by atoms with Crippen LogP contribution >= 0.6 is 23.4 Å². The first-order valence-electron chi connectivity index (χ1n) is 5.74. The summed E-state index contributed by atoms with van der Waals surface area (Å²) in [5.74, 6) is 0. The highest BCUT2D eigenvalue weighted by molar-refractivity contribution is 7.99. The maximum Gasteiger partial charge on any atom is 0.0696 e. The molecule has 0 amide bonds. The highest BCUT2D eigenvalue weighted by Gasteiger charge is 2.05. The summed E-state index contributed by atoms with van der Waals surface area (Å²) in [5, 5.41) is 9.71. The molecule has 0 aromatic heterocycles. The third-order valence-corrected chi connectivity index (χ3v) is 4.27. The standard InChI is InChI=1S/C15H15ClOS/c1-10-3-4-11(2)15(7-10)18-13-6-5-12(9-17)14(16)8-13/h3-8,17H,9H2,1-2H3. The molecule has 2 aromatic rings. The second-order valence-corrected chi connectivity index (χ2v) is 5.80. The first-order valence-corrected chi connectivity index (χ1v) is 6.94. The van der Waals surface area contributed by atoms with Gasteiger partial charge in [0.05, 0.1) is 6.61 Å². The van der Waals surface area contributed by atoms with E-state index in [4.69, 9.17) is 16.7 Å². The molecule has 3 heteroatoms. The molecule has 18 heavy (non-hydrogen) atoms. The predicted molar refractivity (Wildman–Crippen MR) is 77.4 cm³/mol. The van der Waals surface area contributed by atoms with Crippen molar-refractivity contribution in [3.63, 3.8) is 0 Å². The van der Waals surface area contributed by atoms with Crippen LogP contribution in [0.5, 0.6) is 0 Å². The van der Waals surface area contributed by atoms with Crippen LogP contribution in [0.25, 0.3) is 0 Å². The van der Waals surface area contributed by atoms with Crippen LogP contribution in [0.4, 0.5) is 0 Å². The van der Waals surface area contributed by atoms with Gasteiger partial charge in [0.15, 0.2) is 0 Å². The molecule has 0 unspecified atom stereocenters. The SMILES string of the molecule is Cc1ccc(C)c(Sc2ccc(CO)c(Cl)c2)c1. The summed E-state index contributed by atoms with van der Waals surface area (Å²) >= 11 is 7.79. The largest absolute Gasteiger partial charge is 0.392 e.